The van der Waals surface area contributed by atoms with E-state index in [2.05, 4.69) is 6.92 Å². The van der Waals surface area contributed by atoms with Gasteiger partial charge in [0.05, 0.1) is 18.8 Å². The highest BCUT2D eigenvalue weighted by Crippen LogP contribution is 2.29. The van der Waals surface area contributed by atoms with E-state index in [9.17, 15) is 0 Å². The molecule has 1 fully saturated rings. The van der Waals surface area contributed by atoms with Gasteiger partial charge in [0.25, 0.3) is 0 Å². The number of aliphatic hydroxyl groups is 1. The van der Waals surface area contributed by atoms with Crippen LogP contribution in [-0.4, -0.2) is 30.0 Å². The molecule has 0 bridgehead atoms. The lowest BCUT2D eigenvalue weighted by Crippen LogP contribution is -2.31. The first kappa shape index (κ1) is 12.9. The van der Waals surface area contributed by atoms with Gasteiger partial charge >= 0.3 is 0 Å². The maximum atomic E-state index is 8.83. The summed E-state index contributed by atoms with van der Waals surface area (Å²) in [6.07, 6.45) is 9.49. The molecule has 0 aromatic carbocycles. The van der Waals surface area contributed by atoms with Crippen LogP contribution >= 0.6 is 0 Å². The minimum Gasteiger partial charge on any atom is -0.395 e. The molecule has 1 heterocycles. The van der Waals surface area contributed by atoms with Crippen LogP contribution in [0.5, 0.6) is 0 Å². The van der Waals surface area contributed by atoms with Crippen LogP contribution in [0.15, 0.2) is 0 Å². The molecule has 90 valence electrons. The molecule has 0 amide bonds. The Kier molecular flexibility index (Phi) is 6.22. The molecule has 0 spiro atoms. The van der Waals surface area contributed by atoms with Gasteiger partial charge in [-0.2, -0.15) is 0 Å². The van der Waals surface area contributed by atoms with Crippen LogP contribution in [0.4, 0.5) is 0 Å². The van der Waals surface area contributed by atoms with Crippen LogP contribution < -0.4 is 5.73 Å². The summed E-state index contributed by atoms with van der Waals surface area (Å²) in [6.45, 7) is 2.27. The van der Waals surface area contributed by atoms with Gasteiger partial charge in [-0.3, -0.25) is 0 Å². The molecule has 1 aliphatic rings. The normalized spacial score (nSPS) is 26.6. The SMILES string of the molecule is CCCCCCCC[C@@H]1O[C@H]1[C@@H](N)CO. The van der Waals surface area contributed by atoms with E-state index < -0.39 is 0 Å². The molecule has 0 saturated carbocycles. The lowest BCUT2D eigenvalue weighted by atomic mass is 10.1. The maximum Gasteiger partial charge on any atom is 0.101 e. The summed E-state index contributed by atoms with van der Waals surface area (Å²) >= 11 is 0. The highest BCUT2D eigenvalue weighted by molar-refractivity contribution is 4.92. The second-order valence-corrected chi connectivity index (χ2v) is 4.54. The Morgan fingerprint density at radius 3 is 2.53 bits per heavy atom. The highest BCUT2D eigenvalue weighted by atomic mass is 16.6. The third-order valence-corrected chi connectivity index (χ3v) is 3.10. The molecule has 1 rings (SSSR count). The topological polar surface area (TPSA) is 58.8 Å². The second kappa shape index (κ2) is 7.20. The summed E-state index contributed by atoms with van der Waals surface area (Å²) in [7, 11) is 0. The van der Waals surface area contributed by atoms with Crippen LogP contribution in [0.1, 0.15) is 51.9 Å². The third kappa shape index (κ3) is 4.96. The zero-order valence-electron chi connectivity index (χ0n) is 9.82. The standard InChI is InChI=1S/C12H25NO2/c1-2-3-4-5-6-7-8-11-12(15-11)10(13)9-14/h10-12,14H,2-9,13H2,1H3/t10-,11-,12-/m0/s1. The number of hydrogen-bond donors (Lipinski definition) is 2. The minimum atomic E-state index is -0.171. The summed E-state index contributed by atoms with van der Waals surface area (Å²) in [6, 6.07) is -0.171. The third-order valence-electron chi connectivity index (χ3n) is 3.10. The monoisotopic (exact) mass is 215 g/mol. The van der Waals surface area contributed by atoms with Crippen LogP contribution in [-0.2, 0) is 4.74 Å². The molecule has 0 aliphatic carbocycles. The van der Waals surface area contributed by atoms with E-state index in [0.29, 0.717) is 6.10 Å². The van der Waals surface area contributed by atoms with Gasteiger partial charge < -0.3 is 15.6 Å². The van der Waals surface area contributed by atoms with Gasteiger partial charge in [0.2, 0.25) is 0 Å². The van der Waals surface area contributed by atoms with E-state index in [1.165, 1.54) is 38.5 Å². The van der Waals surface area contributed by atoms with E-state index in [1.807, 2.05) is 0 Å². The van der Waals surface area contributed by atoms with Crippen molar-refractivity contribution in [2.75, 3.05) is 6.61 Å². The van der Waals surface area contributed by atoms with Crippen molar-refractivity contribution in [3.8, 4) is 0 Å². The molecule has 0 aromatic rings. The van der Waals surface area contributed by atoms with Crippen molar-refractivity contribution in [2.45, 2.75) is 70.1 Å². The van der Waals surface area contributed by atoms with E-state index in [0.717, 1.165) is 6.42 Å². The molecule has 15 heavy (non-hydrogen) atoms. The summed E-state index contributed by atoms with van der Waals surface area (Å²) in [4.78, 5) is 0. The summed E-state index contributed by atoms with van der Waals surface area (Å²) in [5.41, 5.74) is 5.66. The lowest BCUT2D eigenvalue weighted by molar-refractivity contribution is 0.236. The van der Waals surface area contributed by atoms with Crippen molar-refractivity contribution in [3.63, 3.8) is 0 Å². The molecule has 3 nitrogen and oxygen atoms in total. The zero-order valence-corrected chi connectivity index (χ0v) is 9.82. The average Bonchev–Trinajstić information content (AvgIpc) is 3.01. The van der Waals surface area contributed by atoms with Gasteiger partial charge in [-0.25, -0.2) is 0 Å². The molecule has 0 radical (unpaired) electrons. The van der Waals surface area contributed by atoms with Crippen molar-refractivity contribution >= 4 is 0 Å². The highest BCUT2D eigenvalue weighted by Gasteiger charge is 2.42. The molecular formula is C12H25NO2. The molecule has 0 aromatic heterocycles. The summed E-state index contributed by atoms with van der Waals surface area (Å²) in [5.74, 6) is 0. The molecule has 3 atom stereocenters. The van der Waals surface area contributed by atoms with Crippen molar-refractivity contribution in [3.05, 3.63) is 0 Å². The number of epoxide rings is 1. The minimum absolute atomic E-state index is 0.0394. The van der Waals surface area contributed by atoms with E-state index in [4.69, 9.17) is 15.6 Å². The number of nitrogens with two attached hydrogens (primary N) is 1. The van der Waals surface area contributed by atoms with Crippen molar-refractivity contribution < 1.29 is 9.84 Å². The first-order valence-corrected chi connectivity index (χ1v) is 6.31. The Morgan fingerprint density at radius 2 is 1.87 bits per heavy atom. The van der Waals surface area contributed by atoms with Crippen LogP contribution in [0, 0.1) is 0 Å². The van der Waals surface area contributed by atoms with E-state index in [1.54, 1.807) is 0 Å². The largest absolute Gasteiger partial charge is 0.395 e. The van der Waals surface area contributed by atoms with Gasteiger partial charge in [-0.05, 0) is 6.42 Å². The van der Waals surface area contributed by atoms with Gasteiger partial charge in [-0.1, -0.05) is 45.4 Å². The summed E-state index contributed by atoms with van der Waals surface area (Å²) < 4.78 is 5.41. The molecule has 1 saturated heterocycles. The van der Waals surface area contributed by atoms with Crippen LogP contribution in [0.3, 0.4) is 0 Å². The van der Waals surface area contributed by atoms with E-state index in [-0.39, 0.29) is 18.8 Å². The second-order valence-electron chi connectivity index (χ2n) is 4.54. The maximum absolute atomic E-state index is 8.83. The first-order chi connectivity index (χ1) is 7.29. The molecule has 1 aliphatic heterocycles. The van der Waals surface area contributed by atoms with Gasteiger partial charge in [0, 0.05) is 0 Å². The smallest absolute Gasteiger partial charge is 0.101 e. The Morgan fingerprint density at radius 1 is 1.20 bits per heavy atom. The molecule has 0 unspecified atom stereocenters. The van der Waals surface area contributed by atoms with Gasteiger partial charge in [-0.15, -0.1) is 0 Å². The van der Waals surface area contributed by atoms with Crippen LogP contribution in [0.2, 0.25) is 0 Å². The Labute approximate surface area is 93.0 Å². The number of unbranched alkanes of at least 4 members (excludes halogenated alkanes) is 5. The predicted molar refractivity (Wildman–Crippen MR) is 61.7 cm³/mol. The Balaban J connectivity index is 1.86. The number of aliphatic hydroxyl groups excluding tert-OH is 1. The Hall–Kier alpha value is -0.120. The first-order valence-electron chi connectivity index (χ1n) is 6.31. The quantitative estimate of drug-likeness (QED) is 0.455. The molecule has 3 N–H and O–H groups in total. The molecule has 3 heteroatoms. The lowest BCUT2D eigenvalue weighted by Gasteiger charge is -2.02. The fourth-order valence-corrected chi connectivity index (χ4v) is 2.00. The fourth-order valence-electron chi connectivity index (χ4n) is 2.00. The number of ether oxygens (including phenoxy) is 1. The number of rotatable bonds is 9. The van der Waals surface area contributed by atoms with Crippen LogP contribution in [0.25, 0.3) is 0 Å². The van der Waals surface area contributed by atoms with E-state index >= 15 is 0 Å². The molecular weight excluding hydrogens is 190 g/mol. The van der Waals surface area contributed by atoms with Gasteiger partial charge in [0.15, 0.2) is 0 Å². The summed E-state index contributed by atoms with van der Waals surface area (Å²) in [5, 5.41) is 8.83. The fraction of sp³-hybridized carbons (Fsp3) is 1.00. The van der Waals surface area contributed by atoms with Gasteiger partial charge in [0.1, 0.15) is 6.10 Å². The Bertz CT molecular complexity index is 164. The van der Waals surface area contributed by atoms with Crippen molar-refractivity contribution in [2.24, 2.45) is 5.73 Å². The van der Waals surface area contributed by atoms with Crippen molar-refractivity contribution in [1.82, 2.24) is 0 Å². The zero-order chi connectivity index (χ0) is 11.1. The predicted octanol–water partition coefficient (Wildman–Crippen LogP) is 1.82. The average molecular weight is 215 g/mol. The van der Waals surface area contributed by atoms with Crippen molar-refractivity contribution in [1.29, 1.82) is 0 Å². The number of hydrogen-bond acceptors (Lipinski definition) is 3.